The van der Waals surface area contributed by atoms with Gasteiger partial charge in [-0.2, -0.15) is 4.31 Å². The van der Waals surface area contributed by atoms with E-state index in [0.29, 0.717) is 19.7 Å². The Labute approximate surface area is 123 Å². The molecule has 7 heteroatoms. The van der Waals surface area contributed by atoms with Gasteiger partial charge in [0.25, 0.3) is 0 Å². The van der Waals surface area contributed by atoms with E-state index in [4.69, 9.17) is 4.74 Å². The number of methoxy groups -OCH3 is 1. The van der Waals surface area contributed by atoms with Gasteiger partial charge < -0.3 is 10.1 Å². The minimum Gasteiger partial charge on any atom is -0.383 e. The molecule has 1 saturated heterocycles. The summed E-state index contributed by atoms with van der Waals surface area (Å²) < 4.78 is 29.9. The van der Waals surface area contributed by atoms with Crippen LogP contribution < -0.4 is 5.32 Å². The van der Waals surface area contributed by atoms with Gasteiger partial charge in [-0.15, -0.1) is 0 Å². The highest BCUT2D eigenvalue weighted by Crippen LogP contribution is 2.10. The van der Waals surface area contributed by atoms with Crippen LogP contribution in [0.5, 0.6) is 0 Å². The van der Waals surface area contributed by atoms with Crippen molar-refractivity contribution in [2.75, 3.05) is 52.7 Å². The van der Waals surface area contributed by atoms with E-state index in [2.05, 4.69) is 31.0 Å². The molecule has 1 aliphatic rings. The average molecular weight is 307 g/mol. The Balaban J connectivity index is 2.53. The molecule has 1 aliphatic heterocycles. The predicted octanol–water partition coefficient (Wildman–Crippen LogP) is -0.0333. The van der Waals surface area contributed by atoms with Crippen LogP contribution in [-0.2, 0) is 14.8 Å². The van der Waals surface area contributed by atoms with Crippen molar-refractivity contribution in [1.29, 1.82) is 0 Å². The Kier molecular flexibility index (Phi) is 6.40. The van der Waals surface area contributed by atoms with E-state index < -0.39 is 10.0 Å². The maximum Gasteiger partial charge on any atom is 0.211 e. The molecule has 0 aromatic heterocycles. The van der Waals surface area contributed by atoms with E-state index in [1.165, 1.54) is 6.26 Å². The number of piperazine rings is 1. The lowest BCUT2D eigenvalue weighted by Crippen LogP contribution is -2.56. The molecule has 0 radical (unpaired) electrons. The van der Waals surface area contributed by atoms with Crippen LogP contribution in [-0.4, -0.2) is 81.9 Å². The SMILES string of the molecule is COCC(CNC(C)(C)C)N1CCN(S(C)(=O)=O)CC1. The van der Waals surface area contributed by atoms with Crippen LogP contribution in [0, 0.1) is 0 Å². The van der Waals surface area contributed by atoms with Crippen LogP contribution in [0.3, 0.4) is 0 Å². The van der Waals surface area contributed by atoms with Crippen molar-refractivity contribution in [3.05, 3.63) is 0 Å². The molecule has 0 spiro atoms. The maximum atomic E-state index is 11.5. The molecule has 0 aromatic carbocycles. The van der Waals surface area contributed by atoms with Crippen LogP contribution >= 0.6 is 0 Å². The monoisotopic (exact) mass is 307 g/mol. The molecule has 1 heterocycles. The first-order chi connectivity index (χ1) is 9.13. The third-order valence-electron chi connectivity index (χ3n) is 3.49. The highest BCUT2D eigenvalue weighted by Gasteiger charge is 2.28. The van der Waals surface area contributed by atoms with Gasteiger partial charge in [-0.05, 0) is 20.8 Å². The van der Waals surface area contributed by atoms with Gasteiger partial charge in [0.05, 0.1) is 12.9 Å². The summed E-state index contributed by atoms with van der Waals surface area (Å²) in [4.78, 5) is 2.31. The Morgan fingerprint density at radius 2 is 1.75 bits per heavy atom. The summed E-state index contributed by atoms with van der Waals surface area (Å²) in [6.45, 7) is 10.6. The average Bonchev–Trinajstić information content (AvgIpc) is 2.32. The molecule has 20 heavy (non-hydrogen) atoms. The van der Waals surface area contributed by atoms with Crippen molar-refractivity contribution in [3.8, 4) is 0 Å². The molecule has 0 saturated carbocycles. The molecule has 1 unspecified atom stereocenters. The van der Waals surface area contributed by atoms with E-state index in [-0.39, 0.29) is 11.6 Å². The van der Waals surface area contributed by atoms with Crippen LogP contribution in [0.1, 0.15) is 20.8 Å². The molecular formula is C13H29N3O3S. The fraction of sp³-hybridized carbons (Fsp3) is 1.00. The highest BCUT2D eigenvalue weighted by molar-refractivity contribution is 7.88. The Morgan fingerprint density at radius 1 is 1.20 bits per heavy atom. The van der Waals surface area contributed by atoms with Crippen molar-refractivity contribution in [1.82, 2.24) is 14.5 Å². The lowest BCUT2D eigenvalue weighted by Gasteiger charge is -2.39. The van der Waals surface area contributed by atoms with E-state index in [9.17, 15) is 8.42 Å². The molecule has 6 nitrogen and oxygen atoms in total. The zero-order valence-electron chi connectivity index (χ0n) is 13.3. The summed E-state index contributed by atoms with van der Waals surface area (Å²) in [5, 5.41) is 3.49. The quantitative estimate of drug-likeness (QED) is 0.746. The second kappa shape index (κ2) is 7.17. The highest BCUT2D eigenvalue weighted by atomic mass is 32.2. The van der Waals surface area contributed by atoms with Crippen molar-refractivity contribution in [3.63, 3.8) is 0 Å². The minimum absolute atomic E-state index is 0.0700. The number of nitrogens with one attached hydrogen (secondary N) is 1. The number of nitrogens with zero attached hydrogens (tertiary/aromatic N) is 2. The largest absolute Gasteiger partial charge is 0.383 e. The normalized spacial score (nSPS) is 21.1. The van der Waals surface area contributed by atoms with E-state index in [1.807, 2.05) is 0 Å². The van der Waals surface area contributed by atoms with Crippen molar-refractivity contribution < 1.29 is 13.2 Å². The summed E-state index contributed by atoms with van der Waals surface area (Å²) in [6, 6.07) is 0.279. The van der Waals surface area contributed by atoms with Gasteiger partial charge in [0.2, 0.25) is 10.0 Å². The third-order valence-corrected chi connectivity index (χ3v) is 4.79. The minimum atomic E-state index is -3.06. The number of hydrogen-bond donors (Lipinski definition) is 1. The Morgan fingerprint density at radius 3 is 2.15 bits per heavy atom. The van der Waals surface area contributed by atoms with Gasteiger partial charge in [0.15, 0.2) is 0 Å². The predicted molar refractivity (Wildman–Crippen MR) is 81.4 cm³/mol. The van der Waals surface area contributed by atoms with Gasteiger partial charge in [-0.25, -0.2) is 8.42 Å². The molecule has 1 rings (SSSR count). The topological polar surface area (TPSA) is 61.9 Å². The van der Waals surface area contributed by atoms with Crippen LogP contribution in [0.2, 0.25) is 0 Å². The molecule has 0 amide bonds. The second-order valence-electron chi connectivity index (χ2n) is 6.44. The van der Waals surface area contributed by atoms with Crippen LogP contribution in [0.15, 0.2) is 0 Å². The summed E-state index contributed by atoms with van der Waals surface area (Å²) in [5.41, 5.74) is 0.0700. The van der Waals surface area contributed by atoms with Crippen LogP contribution in [0.4, 0.5) is 0 Å². The summed E-state index contributed by atoms with van der Waals surface area (Å²) in [5.74, 6) is 0. The molecule has 1 fully saturated rings. The van der Waals surface area contributed by atoms with E-state index in [0.717, 1.165) is 19.6 Å². The first-order valence-electron chi connectivity index (χ1n) is 7.06. The molecule has 0 aliphatic carbocycles. The number of sulfonamides is 1. The summed E-state index contributed by atoms with van der Waals surface area (Å²) in [7, 11) is -1.36. The van der Waals surface area contributed by atoms with Gasteiger partial charge in [-0.1, -0.05) is 0 Å². The molecule has 120 valence electrons. The zero-order chi connectivity index (χ0) is 15.4. The lowest BCUT2D eigenvalue weighted by molar-refractivity contribution is 0.0644. The zero-order valence-corrected chi connectivity index (χ0v) is 14.2. The second-order valence-corrected chi connectivity index (χ2v) is 8.42. The van der Waals surface area contributed by atoms with Crippen molar-refractivity contribution in [2.24, 2.45) is 0 Å². The Hall–Kier alpha value is -0.210. The van der Waals surface area contributed by atoms with Crippen molar-refractivity contribution in [2.45, 2.75) is 32.4 Å². The molecule has 1 atom stereocenters. The smallest absolute Gasteiger partial charge is 0.211 e. The lowest BCUT2D eigenvalue weighted by atomic mass is 10.1. The molecule has 0 aromatic rings. The Bertz CT molecular complexity index is 384. The standard InChI is InChI=1S/C13H29N3O3S/c1-13(2,3)14-10-12(11-19-4)15-6-8-16(9-7-15)20(5,17)18/h12,14H,6-11H2,1-5H3. The van der Waals surface area contributed by atoms with E-state index >= 15 is 0 Å². The fourth-order valence-electron chi connectivity index (χ4n) is 2.31. The van der Waals surface area contributed by atoms with Crippen LogP contribution in [0.25, 0.3) is 0 Å². The number of rotatable bonds is 6. The van der Waals surface area contributed by atoms with Gasteiger partial charge in [0.1, 0.15) is 0 Å². The van der Waals surface area contributed by atoms with Crippen molar-refractivity contribution >= 4 is 10.0 Å². The number of ether oxygens (including phenoxy) is 1. The maximum absolute atomic E-state index is 11.5. The van der Waals surface area contributed by atoms with Gasteiger partial charge in [-0.3, -0.25) is 4.90 Å². The van der Waals surface area contributed by atoms with E-state index in [1.54, 1.807) is 11.4 Å². The molecule has 0 bridgehead atoms. The number of hydrogen-bond acceptors (Lipinski definition) is 5. The van der Waals surface area contributed by atoms with Gasteiger partial charge in [0, 0.05) is 51.4 Å². The first-order valence-corrected chi connectivity index (χ1v) is 8.91. The summed E-state index contributed by atoms with van der Waals surface area (Å²) >= 11 is 0. The third kappa shape index (κ3) is 6.05. The molecular weight excluding hydrogens is 278 g/mol. The summed E-state index contributed by atoms with van der Waals surface area (Å²) in [6.07, 6.45) is 1.27. The van der Waals surface area contributed by atoms with Gasteiger partial charge >= 0.3 is 0 Å². The fourth-order valence-corrected chi connectivity index (χ4v) is 3.14. The first kappa shape index (κ1) is 17.8. The molecule has 1 N–H and O–H groups in total.